The summed E-state index contributed by atoms with van der Waals surface area (Å²) in [6.07, 6.45) is 5.80. The Morgan fingerprint density at radius 3 is 2.79 bits per heavy atom. The quantitative estimate of drug-likeness (QED) is 0.729. The van der Waals surface area contributed by atoms with Gasteiger partial charge in [-0.1, -0.05) is 6.07 Å². The molecule has 1 unspecified atom stereocenters. The van der Waals surface area contributed by atoms with Gasteiger partial charge >= 0.3 is 0 Å². The standard InChI is InChI=1S/C16H15FN6O/c17-12-7-19-16(20-8-12)22-9-13-4-6-21-23(13)14(10-22)11-24-15-3-1-2-5-18-15/h1-8,14H,9-11H2. The van der Waals surface area contributed by atoms with Crippen LogP contribution < -0.4 is 9.64 Å². The summed E-state index contributed by atoms with van der Waals surface area (Å²) in [4.78, 5) is 14.3. The van der Waals surface area contributed by atoms with E-state index in [2.05, 4.69) is 20.1 Å². The summed E-state index contributed by atoms with van der Waals surface area (Å²) in [5.74, 6) is 0.615. The Balaban J connectivity index is 1.54. The van der Waals surface area contributed by atoms with Crippen LogP contribution in [-0.2, 0) is 6.54 Å². The van der Waals surface area contributed by atoms with Gasteiger partial charge in [0, 0.05) is 25.0 Å². The maximum Gasteiger partial charge on any atom is 0.225 e. The molecule has 0 aliphatic carbocycles. The highest BCUT2D eigenvalue weighted by Crippen LogP contribution is 2.24. The Morgan fingerprint density at radius 1 is 1.12 bits per heavy atom. The van der Waals surface area contributed by atoms with Crippen LogP contribution in [0.1, 0.15) is 11.7 Å². The fourth-order valence-corrected chi connectivity index (χ4v) is 2.75. The van der Waals surface area contributed by atoms with Gasteiger partial charge < -0.3 is 9.64 Å². The minimum atomic E-state index is -0.448. The van der Waals surface area contributed by atoms with Gasteiger partial charge in [-0.15, -0.1) is 0 Å². The molecule has 122 valence electrons. The zero-order valence-electron chi connectivity index (χ0n) is 12.8. The van der Waals surface area contributed by atoms with Crippen LogP contribution >= 0.6 is 0 Å². The molecule has 0 aromatic carbocycles. The monoisotopic (exact) mass is 326 g/mol. The largest absolute Gasteiger partial charge is 0.475 e. The highest BCUT2D eigenvalue weighted by Gasteiger charge is 2.27. The minimum Gasteiger partial charge on any atom is -0.475 e. The van der Waals surface area contributed by atoms with Crippen LogP contribution in [0.25, 0.3) is 0 Å². The number of hydrogen-bond donors (Lipinski definition) is 0. The molecule has 0 radical (unpaired) electrons. The molecule has 1 aliphatic heterocycles. The Bertz CT molecular complexity index is 807. The van der Waals surface area contributed by atoms with E-state index >= 15 is 0 Å². The first-order valence-electron chi connectivity index (χ1n) is 7.58. The molecule has 0 N–H and O–H groups in total. The van der Waals surface area contributed by atoms with Crippen LogP contribution in [0.2, 0.25) is 0 Å². The average Bonchev–Trinajstić information content (AvgIpc) is 3.10. The number of rotatable bonds is 4. The summed E-state index contributed by atoms with van der Waals surface area (Å²) < 4.78 is 20.8. The molecule has 0 saturated carbocycles. The SMILES string of the molecule is Fc1cnc(N2Cc3ccnn3C(COc3ccccn3)C2)nc1. The lowest BCUT2D eigenvalue weighted by molar-refractivity contribution is 0.221. The first kappa shape index (κ1) is 14.6. The van der Waals surface area contributed by atoms with Crippen molar-refractivity contribution in [2.24, 2.45) is 0 Å². The maximum absolute atomic E-state index is 13.0. The number of nitrogens with zero attached hydrogens (tertiary/aromatic N) is 6. The van der Waals surface area contributed by atoms with Crippen molar-refractivity contribution in [3.05, 3.63) is 60.6 Å². The first-order valence-corrected chi connectivity index (χ1v) is 7.58. The van der Waals surface area contributed by atoms with Gasteiger partial charge in [0.2, 0.25) is 11.8 Å². The summed E-state index contributed by atoms with van der Waals surface area (Å²) >= 11 is 0. The van der Waals surface area contributed by atoms with Gasteiger partial charge in [-0.25, -0.2) is 19.3 Å². The summed E-state index contributed by atoms with van der Waals surface area (Å²) in [5.41, 5.74) is 1.03. The van der Waals surface area contributed by atoms with Crippen molar-refractivity contribution in [2.75, 3.05) is 18.1 Å². The van der Waals surface area contributed by atoms with Gasteiger partial charge in [-0.3, -0.25) is 4.68 Å². The fraction of sp³-hybridized carbons (Fsp3) is 0.250. The first-order chi connectivity index (χ1) is 11.8. The lowest BCUT2D eigenvalue weighted by Gasteiger charge is -2.33. The third-order valence-electron chi connectivity index (χ3n) is 3.83. The predicted octanol–water partition coefficient (Wildman–Crippen LogP) is 1.85. The van der Waals surface area contributed by atoms with Crippen LogP contribution in [-0.4, -0.2) is 37.9 Å². The number of fused-ring (bicyclic) bond motifs is 1. The van der Waals surface area contributed by atoms with Crippen molar-refractivity contribution in [1.29, 1.82) is 0 Å². The molecule has 4 heterocycles. The van der Waals surface area contributed by atoms with E-state index in [0.29, 0.717) is 31.5 Å². The zero-order chi connectivity index (χ0) is 16.4. The van der Waals surface area contributed by atoms with Crippen molar-refractivity contribution < 1.29 is 9.13 Å². The summed E-state index contributed by atoms with van der Waals surface area (Å²) in [7, 11) is 0. The second-order valence-corrected chi connectivity index (χ2v) is 5.48. The third kappa shape index (κ3) is 2.90. The van der Waals surface area contributed by atoms with E-state index in [9.17, 15) is 4.39 Å². The zero-order valence-corrected chi connectivity index (χ0v) is 12.8. The van der Waals surface area contributed by atoms with E-state index in [0.717, 1.165) is 5.69 Å². The average molecular weight is 326 g/mol. The molecule has 3 aromatic rings. The van der Waals surface area contributed by atoms with Crippen LogP contribution in [0.15, 0.2) is 49.1 Å². The van der Waals surface area contributed by atoms with E-state index in [4.69, 9.17) is 4.74 Å². The molecule has 4 rings (SSSR count). The summed E-state index contributed by atoms with van der Waals surface area (Å²) in [6, 6.07) is 7.46. The molecule has 1 atom stereocenters. The van der Waals surface area contributed by atoms with Gasteiger partial charge in [0.05, 0.1) is 24.6 Å². The van der Waals surface area contributed by atoms with E-state index in [1.165, 1.54) is 12.4 Å². The van der Waals surface area contributed by atoms with Gasteiger partial charge in [0.15, 0.2) is 5.82 Å². The van der Waals surface area contributed by atoms with Crippen molar-refractivity contribution in [2.45, 2.75) is 12.6 Å². The summed E-state index contributed by atoms with van der Waals surface area (Å²) in [5, 5.41) is 4.38. The highest BCUT2D eigenvalue weighted by atomic mass is 19.1. The van der Waals surface area contributed by atoms with E-state index < -0.39 is 5.82 Å². The van der Waals surface area contributed by atoms with Crippen LogP contribution in [0.3, 0.4) is 0 Å². The number of pyridine rings is 1. The normalized spacial score (nSPS) is 16.7. The van der Waals surface area contributed by atoms with Gasteiger partial charge in [0.1, 0.15) is 12.6 Å². The smallest absolute Gasteiger partial charge is 0.225 e. The minimum absolute atomic E-state index is 0.0144. The summed E-state index contributed by atoms with van der Waals surface area (Å²) in [6.45, 7) is 1.66. The van der Waals surface area contributed by atoms with E-state index in [1.54, 1.807) is 12.4 Å². The predicted molar refractivity (Wildman–Crippen MR) is 84.0 cm³/mol. The van der Waals surface area contributed by atoms with Crippen LogP contribution in [0, 0.1) is 5.82 Å². The number of halogens is 1. The van der Waals surface area contributed by atoms with Crippen molar-refractivity contribution >= 4 is 5.95 Å². The lowest BCUT2D eigenvalue weighted by atomic mass is 10.2. The lowest BCUT2D eigenvalue weighted by Crippen LogP contribution is -2.41. The second-order valence-electron chi connectivity index (χ2n) is 5.48. The Hall–Kier alpha value is -3.03. The van der Waals surface area contributed by atoms with Crippen molar-refractivity contribution in [3.8, 4) is 5.88 Å². The molecule has 0 amide bonds. The highest BCUT2D eigenvalue weighted by molar-refractivity contribution is 5.32. The van der Waals surface area contributed by atoms with E-state index in [1.807, 2.05) is 33.8 Å². The second kappa shape index (κ2) is 6.23. The molecular formula is C16H15FN6O. The topological polar surface area (TPSA) is 69.0 Å². The maximum atomic E-state index is 13.0. The molecule has 0 bridgehead atoms. The van der Waals surface area contributed by atoms with Gasteiger partial charge in [0.25, 0.3) is 0 Å². The molecule has 8 heteroatoms. The Morgan fingerprint density at radius 2 is 2.00 bits per heavy atom. The Labute approximate surface area is 137 Å². The Kier molecular flexibility index (Phi) is 3.78. The van der Waals surface area contributed by atoms with Crippen molar-refractivity contribution in [3.63, 3.8) is 0 Å². The fourth-order valence-electron chi connectivity index (χ4n) is 2.75. The van der Waals surface area contributed by atoms with Crippen LogP contribution in [0.5, 0.6) is 5.88 Å². The number of ether oxygens (including phenoxy) is 1. The number of hydrogen-bond acceptors (Lipinski definition) is 6. The molecule has 3 aromatic heterocycles. The molecule has 24 heavy (non-hydrogen) atoms. The molecule has 1 aliphatic rings. The molecular weight excluding hydrogens is 311 g/mol. The number of aromatic nitrogens is 5. The van der Waals surface area contributed by atoms with Crippen molar-refractivity contribution in [1.82, 2.24) is 24.7 Å². The van der Waals surface area contributed by atoms with Crippen LogP contribution in [0.4, 0.5) is 10.3 Å². The number of anilines is 1. The third-order valence-corrected chi connectivity index (χ3v) is 3.83. The van der Waals surface area contributed by atoms with Gasteiger partial charge in [-0.2, -0.15) is 5.10 Å². The molecule has 0 fully saturated rings. The molecule has 7 nitrogen and oxygen atoms in total. The molecule has 0 spiro atoms. The molecule has 0 saturated heterocycles. The van der Waals surface area contributed by atoms with E-state index in [-0.39, 0.29) is 6.04 Å². The van der Waals surface area contributed by atoms with Gasteiger partial charge in [-0.05, 0) is 12.1 Å².